The predicted octanol–water partition coefficient (Wildman–Crippen LogP) is 2.55. The van der Waals surface area contributed by atoms with Crippen LogP contribution >= 0.6 is 0 Å². The molecule has 2 aromatic carbocycles. The van der Waals surface area contributed by atoms with Crippen molar-refractivity contribution in [3.63, 3.8) is 0 Å². The number of para-hydroxylation sites is 1. The summed E-state index contributed by atoms with van der Waals surface area (Å²) in [5, 5.41) is 0.482. The van der Waals surface area contributed by atoms with Crippen molar-refractivity contribution in [2.75, 3.05) is 13.6 Å². The minimum Gasteiger partial charge on any atom is -0.338 e. The van der Waals surface area contributed by atoms with E-state index in [1.165, 1.54) is 4.90 Å². The molecule has 0 fully saturated rings. The van der Waals surface area contributed by atoms with Crippen LogP contribution in [0.4, 0.5) is 0 Å². The van der Waals surface area contributed by atoms with E-state index in [9.17, 15) is 18.0 Å². The van der Waals surface area contributed by atoms with E-state index in [2.05, 4.69) is 35.5 Å². The number of nitrogens with one attached hydrogen (secondary N) is 2. The summed E-state index contributed by atoms with van der Waals surface area (Å²) in [4.78, 5) is 33.2. The highest BCUT2D eigenvalue weighted by atomic mass is 32.2. The zero-order valence-electron chi connectivity index (χ0n) is 18.7. The van der Waals surface area contributed by atoms with Crippen LogP contribution in [0.5, 0.6) is 0 Å². The van der Waals surface area contributed by atoms with Gasteiger partial charge in [-0.3, -0.25) is 9.59 Å². The second-order valence-corrected chi connectivity index (χ2v) is 10.5. The minimum absolute atomic E-state index is 0.0202. The van der Waals surface area contributed by atoms with Gasteiger partial charge in [0.25, 0.3) is 5.56 Å². The van der Waals surface area contributed by atoms with Crippen molar-refractivity contribution in [1.82, 2.24) is 19.6 Å². The van der Waals surface area contributed by atoms with E-state index in [1.54, 1.807) is 55.6 Å². The highest BCUT2D eigenvalue weighted by Gasteiger charge is 2.18. The third-order valence-corrected chi connectivity index (χ3v) is 6.61. The van der Waals surface area contributed by atoms with Gasteiger partial charge in [0.1, 0.15) is 5.82 Å². The topological polar surface area (TPSA) is 112 Å². The molecule has 0 saturated carbocycles. The molecule has 0 radical (unpaired) electrons. The van der Waals surface area contributed by atoms with Crippen molar-refractivity contribution in [3.05, 3.63) is 70.3 Å². The van der Waals surface area contributed by atoms with Gasteiger partial charge in [-0.2, -0.15) is 0 Å². The SMILES string of the molecule is CN(Cc1nc2ccccc2c(=O)[nH]1)C(=O)CCNS(=O)(=O)c1ccc(C(C)(C)C)cc1. The maximum absolute atomic E-state index is 12.5. The van der Waals surface area contributed by atoms with Crippen molar-refractivity contribution in [2.45, 2.75) is 44.0 Å². The van der Waals surface area contributed by atoms with Crippen molar-refractivity contribution in [3.8, 4) is 0 Å². The molecule has 1 heterocycles. The Morgan fingerprint density at radius 1 is 1.09 bits per heavy atom. The lowest BCUT2D eigenvalue weighted by Gasteiger charge is -2.19. The van der Waals surface area contributed by atoms with Gasteiger partial charge in [-0.25, -0.2) is 18.1 Å². The average molecular weight is 457 g/mol. The molecule has 170 valence electrons. The third kappa shape index (κ3) is 5.60. The van der Waals surface area contributed by atoms with E-state index in [0.717, 1.165) is 5.56 Å². The second kappa shape index (κ2) is 9.22. The lowest BCUT2D eigenvalue weighted by Crippen LogP contribution is -2.32. The Morgan fingerprint density at radius 3 is 2.41 bits per heavy atom. The number of carbonyl (C=O) groups excluding carboxylic acids is 1. The lowest BCUT2D eigenvalue weighted by molar-refractivity contribution is -0.130. The molecule has 0 unspecified atom stereocenters. The molecule has 1 amide bonds. The van der Waals surface area contributed by atoms with Crippen LogP contribution in [0.15, 0.2) is 58.2 Å². The summed E-state index contributed by atoms with van der Waals surface area (Å²) in [6, 6.07) is 13.7. The first-order chi connectivity index (χ1) is 15.0. The van der Waals surface area contributed by atoms with Crippen LogP contribution in [0.3, 0.4) is 0 Å². The molecule has 0 aliphatic rings. The van der Waals surface area contributed by atoms with Gasteiger partial charge in [0, 0.05) is 20.0 Å². The normalized spacial score (nSPS) is 12.1. The Kier molecular flexibility index (Phi) is 6.80. The summed E-state index contributed by atoms with van der Waals surface area (Å²) >= 11 is 0. The van der Waals surface area contributed by atoms with Gasteiger partial charge < -0.3 is 9.88 Å². The van der Waals surface area contributed by atoms with Gasteiger partial charge in [-0.1, -0.05) is 45.0 Å². The number of hydrogen-bond donors (Lipinski definition) is 2. The van der Waals surface area contributed by atoms with Crippen LogP contribution < -0.4 is 10.3 Å². The highest BCUT2D eigenvalue weighted by Crippen LogP contribution is 2.23. The first kappa shape index (κ1) is 23.6. The Morgan fingerprint density at radius 2 is 1.75 bits per heavy atom. The number of aromatic nitrogens is 2. The molecule has 0 spiro atoms. The van der Waals surface area contributed by atoms with Crippen LogP contribution in [-0.2, 0) is 26.8 Å². The number of hydrogen-bond acceptors (Lipinski definition) is 5. The molecule has 3 rings (SSSR count). The van der Waals surface area contributed by atoms with E-state index in [0.29, 0.717) is 16.7 Å². The predicted molar refractivity (Wildman–Crippen MR) is 124 cm³/mol. The van der Waals surface area contributed by atoms with Gasteiger partial charge in [0.15, 0.2) is 0 Å². The van der Waals surface area contributed by atoms with Crippen molar-refractivity contribution in [2.24, 2.45) is 0 Å². The molecule has 0 aliphatic carbocycles. The summed E-state index contributed by atoms with van der Waals surface area (Å²) in [5.41, 5.74) is 1.25. The monoisotopic (exact) mass is 456 g/mol. The Bertz CT molecular complexity index is 1280. The molecule has 2 N–H and O–H groups in total. The highest BCUT2D eigenvalue weighted by molar-refractivity contribution is 7.89. The molecular weight excluding hydrogens is 428 g/mol. The number of rotatable bonds is 7. The minimum atomic E-state index is -3.71. The molecule has 0 bridgehead atoms. The molecule has 9 heteroatoms. The number of sulfonamides is 1. The van der Waals surface area contributed by atoms with Gasteiger partial charge in [0.05, 0.1) is 22.3 Å². The smallest absolute Gasteiger partial charge is 0.258 e. The number of benzene rings is 2. The van der Waals surface area contributed by atoms with Crippen LogP contribution in [0.2, 0.25) is 0 Å². The van der Waals surface area contributed by atoms with E-state index >= 15 is 0 Å². The Balaban J connectivity index is 1.57. The van der Waals surface area contributed by atoms with Gasteiger partial charge in [-0.15, -0.1) is 0 Å². The summed E-state index contributed by atoms with van der Waals surface area (Å²) in [5.74, 6) is 0.0932. The molecule has 32 heavy (non-hydrogen) atoms. The Labute approximate surface area is 187 Å². The summed E-state index contributed by atoms with van der Waals surface area (Å²) in [6.45, 7) is 6.24. The summed E-state index contributed by atoms with van der Waals surface area (Å²) in [6.07, 6.45) is -0.0202. The molecule has 1 aromatic heterocycles. The number of carbonyl (C=O) groups is 1. The maximum atomic E-state index is 12.5. The quantitative estimate of drug-likeness (QED) is 0.567. The standard InChI is InChI=1S/C23H28N4O4S/c1-23(2,3)16-9-11-17(12-10-16)32(30,31)24-14-13-21(28)27(4)15-20-25-19-8-6-5-7-18(19)22(29)26-20/h5-12,24H,13-15H2,1-4H3,(H,25,26,29). The lowest BCUT2D eigenvalue weighted by atomic mass is 9.87. The zero-order chi connectivity index (χ0) is 23.5. The number of H-pyrrole nitrogens is 1. The van der Waals surface area contributed by atoms with Crippen LogP contribution in [0.1, 0.15) is 38.6 Å². The van der Waals surface area contributed by atoms with Crippen molar-refractivity contribution >= 4 is 26.8 Å². The fourth-order valence-electron chi connectivity index (χ4n) is 3.22. The number of fused-ring (bicyclic) bond motifs is 1. The second-order valence-electron chi connectivity index (χ2n) is 8.70. The fourth-order valence-corrected chi connectivity index (χ4v) is 4.26. The molecule has 0 atom stereocenters. The van der Waals surface area contributed by atoms with Crippen LogP contribution in [-0.4, -0.2) is 42.8 Å². The van der Waals surface area contributed by atoms with E-state index in [-0.39, 0.29) is 41.3 Å². The molecule has 0 aliphatic heterocycles. The summed E-state index contributed by atoms with van der Waals surface area (Å²) < 4.78 is 27.5. The Hall–Kier alpha value is -3.04. The first-order valence-corrected chi connectivity index (χ1v) is 11.8. The third-order valence-electron chi connectivity index (χ3n) is 5.14. The molecule has 3 aromatic rings. The number of aromatic amines is 1. The van der Waals surface area contributed by atoms with Gasteiger partial charge in [0.2, 0.25) is 15.9 Å². The average Bonchev–Trinajstić information content (AvgIpc) is 2.73. The fraction of sp³-hybridized carbons (Fsp3) is 0.348. The molecular formula is C23H28N4O4S. The maximum Gasteiger partial charge on any atom is 0.258 e. The summed E-state index contributed by atoms with van der Waals surface area (Å²) in [7, 11) is -2.13. The van der Waals surface area contributed by atoms with Crippen LogP contribution in [0, 0.1) is 0 Å². The first-order valence-electron chi connectivity index (χ1n) is 10.3. The molecule has 8 nitrogen and oxygen atoms in total. The van der Waals surface area contributed by atoms with E-state index in [4.69, 9.17) is 0 Å². The zero-order valence-corrected chi connectivity index (χ0v) is 19.5. The van der Waals surface area contributed by atoms with E-state index < -0.39 is 10.0 Å². The van der Waals surface area contributed by atoms with Crippen molar-refractivity contribution < 1.29 is 13.2 Å². The van der Waals surface area contributed by atoms with E-state index in [1.807, 2.05) is 0 Å². The van der Waals surface area contributed by atoms with Crippen LogP contribution in [0.25, 0.3) is 10.9 Å². The van der Waals surface area contributed by atoms with Gasteiger partial charge >= 0.3 is 0 Å². The number of amides is 1. The largest absolute Gasteiger partial charge is 0.338 e. The number of nitrogens with zero attached hydrogens (tertiary/aromatic N) is 2. The molecule has 0 saturated heterocycles. The van der Waals surface area contributed by atoms with Gasteiger partial charge in [-0.05, 0) is 35.2 Å². The van der Waals surface area contributed by atoms with Crippen molar-refractivity contribution in [1.29, 1.82) is 0 Å².